The molecule has 4 heterocycles. The first-order valence-corrected chi connectivity index (χ1v) is 7.88. The normalized spacial score (nSPS) is 15.1. The first-order chi connectivity index (χ1) is 11.3. The van der Waals surface area contributed by atoms with Gasteiger partial charge in [-0.2, -0.15) is 0 Å². The molecule has 1 aliphatic rings. The van der Waals surface area contributed by atoms with Crippen molar-refractivity contribution in [1.82, 2.24) is 25.3 Å². The smallest absolute Gasteiger partial charge is 0.162 e. The molecule has 116 valence electrons. The van der Waals surface area contributed by atoms with Gasteiger partial charge in [-0.15, -0.1) is 0 Å². The second-order valence-electron chi connectivity index (χ2n) is 5.36. The van der Waals surface area contributed by atoms with Gasteiger partial charge in [0.25, 0.3) is 0 Å². The van der Waals surface area contributed by atoms with Crippen molar-refractivity contribution in [2.24, 2.45) is 0 Å². The largest absolute Gasteiger partial charge is 0.353 e. The van der Waals surface area contributed by atoms with Gasteiger partial charge in [0.05, 0.1) is 22.1 Å². The van der Waals surface area contributed by atoms with E-state index in [9.17, 15) is 0 Å². The van der Waals surface area contributed by atoms with Gasteiger partial charge in [0.2, 0.25) is 0 Å². The highest BCUT2D eigenvalue weighted by atomic mass is 35.5. The Morgan fingerprint density at radius 1 is 1.00 bits per heavy atom. The standard InChI is InChI=1S/C16H15ClN6/c17-12-9-20-10-13-14(12)16(23-7-5-19-6-8-23)22-15(21-13)11-1-3-18-4-2-11/h1-4,9-10,19H,5-8H2. The van der Waals surface area contributed by atoms with E-state index in [2.05, 4.69) is 25.2 Å². The van der Waals surface area contributed by atoms with E-state index >= 15 is 0 Å². The zero-order valence-electron chi connectivity index (χ0n) is 12.4. The number of nitrogens with zero attached hydrogens (tertiary/aromatic N) is 5. The molecule has 0 unspecified atom stereocenters. The van der Waals surface area contributed by atoms with Gasteiger partial charge in [-0.05, 0) is 12.1 Å². The van der Waals surface area contributed by atoms with Crippen LogP contribution in [0.1, 0.15) is 0 Å². The van der Waals surface area contributed by atoms with Crippen LogP contribution in [-0.4, -0.2) is 46.1 Å². The number of rotatable bonds is 2. The summed E-state index contributed by atoms with van der Waals surface area (Å²) in [6.07, 6.45) is 6.86. The topological polar surface area (TPSA) is 66.8 Å². The van der Waals surface area contributed by atoms with Crippen molar-refractivity contribution in [3.8, 4) is 11.4 Å². The van der Waals surface area contributed by atoms with E-state index in [1.54, 1.807) is 24.8 Å². The Balaban J connectivity index is 1.93. The second-order valence-corrected chi connectivity index (χ2v) is 5.77. The number of anilines is 1. The molecular weight excluding hydrogens is 312 g/mol. The Bertz CT molecular complexity index is 833. The summed E-state index contributed by atoms with van der Waals surface area (Å²) >= 11 is 6.38. The van der Waals surface area contributed by atoms with Crippen molar-refractivity contribution in [2.45, 2.75) is 0 Å². The molecule has 0 spiro atoms. The van der Waals surface area contributed by atoms with Crippen LogP contribution >= 0.6 is 11.6 Å². The Labute approximate surface area is 138 Å². The van der Waals surface area contributed by atoms with Crippen LogP contribution in [0.15, 0.2) is 36.9 Å². The summed E-state index contributed by atoms with van der Waals surface area (Å²) in [5.74, 6) is 1.54. The lowest BCUT2D eigenvalue weighted by atomic mass is 10.2. The van der Waals surface area contributed by atoms with Crippen LogP contribution in [0.25, 0.3) is 22.3 Å². The zero-order chi connectivity index (χ0) is 15.6. The molecule has 1 aliphatic heterocycles. The van der Waals surface area contributed by atoms with Gasteiger partial charge in [0, 0.05) is 50.3 Å². The Morgan fingerprint density at radius 2 is 1.78 bits per heavy atom. The molecule has 1 fully saturated rings. The number of halogens is 1. The summed E-state index contributed by atoms with van der Waals surface area (Å²) in [4.78, 5) is 19.9. The lowest BCUT2D eigenvalue weighted by molar-refractivity contribution is 0.586. The summed E-state index contributed by atoms with van der Waals surface area (Å²) in [6.45, 7) is 3.64. The number of pyridine rings is 2. The molecule has 0 aliphatic carbocycles. The number of piperazine rings is 1. The van der Waals surface area contributed by atoms with Crippen molar-refractivity contribution in [1.29, 1.82) is 0 Å². The predicted octanol–water partition coefficient (Wildman–Crippen LogP) is 2.15. The number of hydrogen-bond donors (Lipinski definition) is 1. The summed E-state index contributed by atoms with van der Waals surface area (Å²) in [6, 6.07) is 3.81. The highest BCUT2D eigenvalue weighted by Gasteiger charge is 2.19. The van der Waals surface area contributed by atoms with E-state index in [4.69, 9.17) is 16.6 Å². The fraction of sp³-hybridized carbons (Fsp3) is 0.250. The van der Waals surface area contributed by atoms with Crippen LogP contribution in [0.3, 0.4) is 0 Å². The van der Waals surface area contributed by atoms with Gasteiger partial charge in [-0.25, -0.2) is 9.97 Å². The van der Waals surface area contributed by atoms with Crippen molar-refractivity contribution >= 4 is 28.3 Å². The molecule has 0 atom stereocenters. The minimum Gasteiger partial charge on any atom is -0.353 e. The SMILES string of the molecule is Clc1cncc2nc(-c3ccncc3)nc(N3CCNCC3)c12. The minimum absolute atomic E-state index is 0.581. The molecule has 0 radical (unpaired) electrons. The number of hydrogen-bond acceptors (Lipinski definition) is 6. The van der Waals surface area contributed by atoms with E-state index in [1.165, 1.54) is 0 Å². The number of nitrogens with one attached hydrogen (secondary N) is 1. The van der Waals surface area contributed by atoms with Gasteiger partial charge in [0.1, 0.15) is 5.82 Å². The van der Waals surface area contributed by atoms with Crippen LogP contribution in [0.2, 0.25) is 5.02 Å². The van der Waals surface area contributed by atoms with Gasteiger partial charge in [-0.1, -0.05) is 11.6 Å². The molecule has 7 heteroatoms. The Hall–Kier alpha value is -2.31. The van der Waals surface area contributed by atoms with Crippen molar-refractivity contribution in [2.75, 3.05) is 31.1 Å². The third-order valence-corrected chi connectivity index (χ3v) is 4.18. The second kappa shape index (κ2) is 6.06. The maximum atomic E-state index is 6.38. The molecule has 3 aromatic heterocycles. The van der Waals surface area contributed by atoms with E-state index < -0.39 is 0 Å². The molecule has 0 aromatic carbocycles. The van der Waals surface area contributed by atoms with Crippen LogP contribution in [0.4, 0.5) is 5.82 Å². The zero-order valence-corrected chi connectivity index (χ0v) is 13.2. The highest BCUT2D eigenvalue weighted by Crippen LogP contribution is 2.32. The van der Waals surface area contributed by atoms with Gasteiger partial charge in [-0.3, -0.25) is 9.97 Å². The maximum Gasteiger partial charge on any atom is 0.162 e. The number of fused-ring (bicyclic) bond motifs is 1. The fourth-order valence-electron chi connectivity index (χ4n) is 2.76. The molecule has 0 saturated carbocycles. The Morgan fingerprint density at radius 3 is 2.57 bits per heavy atom. The molecule has 3 aromatic rings. The van der Waals surface area contributed by atoms with Crippen molar-refractivity contribution in [3.63, 3.8) is 0 Å². The molecule has 6 nitrogen and oxygen atoms in total. The molecule has 1 N–H and O–H groups in total. The molecule has 23 heavy (non-hydrogen) atoms. The molecular formula is C16H15ClN6. The quantitative estimate of drug-likeness (QED) is 0.778. The van der Waals surface area contributed by atoms with Crippen molar-refractivity contribution in [3.05, 3.63) is 41.9 Å². The third kappa shape index (κ3) is 2.71. The molecule has 1 saturated heterocycles. The Kier molecular flexibility index (Phi) is 3.77. The average molecular weight is 327 g/mol. The summed E-state index contributed by atoms with van der Waals surface area (Å²) in [5.41, 5.74) is 1.69. The first kappa shape index (κ1) is 14.3. The van der Waals surface area contributed by atoms with Crippen molar-refractivity contribution < 1.29 is 0 Å². The van der Waals surface area contributed by atoms with Crippen LogP contribution in [0, 0.1) is 0 Å². The summed E-state index contributed by atoms with van der Waals surface area (Å²) in [5, 5.41) is 4.80. The van der Waals surface area contributed by atoms with Crippen LogP contribution < -0.4 is 10.2 Å². The van der Waals surface area contributed by atoms with Crippen LogP contribution in [0.5, 0.6) is 0 Å². The van der Waals surface area contributed by atoms with Gasteiger partial charge < -0.3 is 10.2 Å². The van der Waals surface area contributed by atoms with Gasteiger partial charge >= 0.3 is 0 Å². The van der Waals surface area contributed by atoms with Crippen LogP contribution in [-0.2, 0) is 0 Å². The summed E-state index contributed by atoms with van der Waals surface area (Å²) < 4.78 is 0. The minimum atomic E-state index is 0.581. The fourth-order valence-corrected chi connectivity index (χ4v) is 3.00. The molecule has 0 bridgehead atoms. The molecule has 4 rings (SSSR count). The van der Waals surface area contributed by atoms with E-state index in [0.29, 0.717) is 10.8 Å². The monoisotopic (exact) mass is 326 g/mol. The van der Waals surface area contributed by atoms with Gasteiger partial charge in [0.15, 0.2) is 5.82 Å². The highest BCUT2D eigenvalue weighted by molar-refractivity contribution is 6.36. The summed E-state index contributed by atoms with van der Waals surface area (Å²) in [7, 11) is 0. The van der Waals surface area contributed by atoms with E-state index in [0.717, 1.165) is 48.5 Å². The molecule has 0 amide bonds. The lowest BCUT2D eigenvalue weighted by Crippen LogP contribution is -2.44. The number of aromatic nitrogens is 4. The maximum absolute atomic E-state index is 6.38. The third-order valence-electron chi connectivity index (χ3n) is 3.90. The van der Waals surface area contributed by atoms with E-state index in [-0.39, 0.29) is 0 Å². The van der Waals surface area contributed by atoms with E-state index in [1.807, 2.05) is 12.1 Å². The lowest BCUT2D eigenvalue weighted by Gasteiger charge is -2.29. The average Bonchev–Trinajstić information content (AvgIpc) is 2.62. The first-order valence-electron chi connectivity index (χ1n) is 7.50. The predicted molar refractivity (Wildman–Crippen MR) is 90.7 cm³/mol.